The van der Waals surface area contributed by atoms with Crippen LogP contribution in [0.1, 0.15) is 25.3 Å². The third kappa shape index (κ3) is 3.31. The number of rotatable bonds is 5. The van der Waals surface area contributed by atoms with Gasteiger partial charge in [0.25, 0.3) is 0 Å². The summed E-state index contributed by atoms with van der Waals surface area (Å²) in [6, 6.07) is 6.14. The molecule has 2 N–H and O–H groups in total. The first-order valence-electron chi connectivity index (χ1n) is 6.11. The summed E-state index contributed by atoms with van der Waals surface area (Å²) in [6.07, 6.45) is 2.35. The van der Waals surface area contributed by atoms with Crippen molar-refractivity contribution >= 4 is 35.2 Å². The molecule has 1 aromatic heterocycles. The van der Waals surface area contributed by atoms with E-state index >= 15 is 0 Å². The van der Waals surface area contributed by atoms with E-state index in [9.17, 15) is 0 Å². The number of unbranched alkanes of at least 4 members (excludes halogenated alkanes) is 1. The third-order valence-electron chi connectivity index (χ3n) is 2.62. The van der Waals surface area contributed by atoms with E-state index < -0.39 is 0 Å². The lowest BCUT2D eigenvalue weighted by molar-refractivity contribution is 0.775. The number of hydrogen-bond donors (Lipinski definition) is 2. The van der Waals surface area contributed by atoms with Gasteiger partial charge in [-0.3, -0.25) is 4.72 Å². The number of hydrogen-bond acceptors (Lipinski definition) is 4. The van der Waals surface area contributed by atoms with Crippen molar-refractivity contribution in [1.29, 1.82) is 0 Å². The Kier molecular flexibility index (Phi) is 4.74. The second kappa shape index (κ2) is 6.31. The Morgan fingerprint density at radius 1 is 1.44 bits per heavy atom. The van der Waals surface area contributed by atoms with E-state index in [2.05, 4.69) is 40.7 Å². The minimum absolute atomic E-state index is 0.695. The van der Waals surface area contributed by atoms with Crippen molar-refractivity contribution in [1.82, 2.24) is 14.7 Å². The van der Waals surface area contributed by atoms with Crippen molar-refractivity contribution in [2.24, 2.45) is 0 Å². The Hall–Kier alpha value is -0.910. The highest BCUT2D eigenvalue weighted by Gasteiger charge is 2.03. The molecule has 3 nitrogen and oxygen atoms in total. The number of aromatic nitrogens is 2. The second-order valence-corrected chi connectivity index (χ2v) is 5.53. The topological polar surface area (TPSA) is 40.7 Å². The molecule has 0 radical (unpaired) electrons. The molecule has 0 saturated carbocycles. The Bertz CT molecular complexity index is 592. The van der Waals surface area contributed by atoms with E-state index in [1.807, 2.05) is 6.07 Å². The molecular weight excluding hydrogens is 262 g/mol. The summed E-state index contributed by atoms with van der Waals surface area (Å²) in [6.45, 7) is 5.22. The van der Waals surface area contributed by atoms with Crippen molar-refractivity contribution in [2.45, 2.75) is 31.7 Å². The van der Waals surface area contributed by atoms with Crippen LogP contribution in [0.25, 0.3) is 11.0 Å². The summed E-state index contributed by atoms with van der Waals surface area (Å²) in [5.74, 6) is 0. The smallest absolute Gasteiger partial charge is 0.146 e. The molecule has 96 valence electrons. The standard InChI is InChI=1S/C13H17N3S2/c1-3-4-7-14-18-13-12(17)15-10-6-5-9(2)8-11(10)16-13/h5-6,8,14H,3-4,7H2,1-2H3,(H,15,17). The molecule has 18 heavy (non-hydrogen) atoms. The van der Waals surface area contributed by atoms with E-state index in [-0.39, 0.29) is 0 Å². The van der Waals surface area contributed by atoms with Crippen molar-refractivity contribution in [3.63, 3.8) is 0 Å². The number of benzene rings is 1. The number of fused-ring (bicyclic) bond motifs is 1. The predicted molar refractivity (Wildman–Crippen MR) is 80.4 cm³/mol. The van der Waals surface area contributed by atoms with Crippen LogP contribution in [0, 0.1) is 11.6 Å². The molecule has 0 spiro atoms. The molecule has 2 aromatic rings. The van der Waals surface area contributed by atoms with Gasteiger partial charge in [0.2, 0.25) is 0 Å². The molecule has 2 rings (SSSR count). The zero-order valence-corrected chi connectivity index (χ0v) is 12.3. The van der Waals surface area contributed by atoms with E-state index in [1.165, 1.54) is 23.9 Å². The predicted octanol–water partition coefficient (Wildman–Crippen LogP) is 4.00. The van der Waals surface area contributed by atoms with E-state index in [4.69, 9.17) is 12.2 Å². The molecule has 1 aromatic carbocycles. The number of aryl methyl sites for hydroxylation is 1. The summed E-state index contributed by atoms with van der Waals surface area (Å²) in [7, 11) is 0. The summed E-state index contributed by atoms with van der Waals surface area (Å²) in [4.78, 5) is 7.82. The second-order valence-electron chi connectivity index (χ2n) is 4.24. The van der Waals surface area contributed by atoms with Crippen LogP contribution < -0.4 is 4.72 Å². The molecule has 1 heterocycles. The fourth-order valence-corrected chi connectivity index (χ4v) is 2.56. The summed E-state index contributed by atoms with van der Waals surface area (Å²) >= 11 is 6.82. The van der Waals surface area contributed by atoms with E-state index in [0.717, 1.165) is 29.0 Å². The normalized spacial score (nSPS) is 11.0. The van der Waals surface area contributed by atoms with Crippen molar-refractivity contribution in [2.75, 3.05) is 6.54 Å². The van der Waals surface area contributed by atoms with E-state index in [0.29, 0.717) is 4.64 Å². The Morgan fingerprint density at radius 2 is 2.28 bits per heavy atom. The molecule has 0 aliphatic rings. The maximum Gasteiger partial charge on any atom is 0.146 e. The SMILES string of the molecule is CCCCNSc1nc2cc(C)ccc2[nH]c1=S. The van der Waals surface area contributed by atoms with Gasteiger partial charge in [-0.25, -0.2) is 4.98 Å². The van der Waals surface area contributed by atoms with Gasteiger partial charge in [-0.15, -0.1) is 0 Å². The van der Waals surface area contributed by atoms with Gasteiger partial charge < -0.3 is 4.98 Å². The monoisotopic (exact) mass is 279 g/mol. The number of nitrogens with one attached hydrogen (secondary N) is 2. The summed E-state index contributed by atoms with van der Waals surface area (Å²) in [5.41, 5.74) is 3.15. The Morgan fingerprint density at radius 3 is 3.06 bits per heavy atom. The first kappa shape index (κ1) is 13.5. The van der Waals surface area contributed by atoms with Crippen molar-refractivity contribution in [3.8, 4) is 0 Å². The molecule has 0 saturated heterocycles. The van der Waals surface area contributed by atoms with Crippen LogP contribution in [0.3, 0.4) is 0 Å². The largest absolute Gasteiger partial charge is 0.343 e. The average Bonchev–Trinajstić information content (AvgIpc) is 2.35. The molecule has 0 aliphatic heterocycles. The van der Waals surface area contributed by atoms with Gasteiger partial charge in [0.15, 0.2) is 0 Å². The van der Waals surface area contributed by atoms with E-state index in [1.54, 1.807) is 0 Å². The van der Waals surface area contributed by atoms with Gasteiger partial charge in [-0.2, -0.15) is 0 Å². The maximum atomic E-state index is 5.31. The van der Waals surface area contributed by atoms with Crippen LogP contribution in [-0.4, -0.2) is 16.5 Å². The maximum absolute atomic E-state index is 5.31. The first-order valence-corrected chi connectivity index (χ1v) is 7.33. The Balaban J connectivity index is 2.22. The quantitative estimate of drug-likeness (QED) is 0.493. The van der Waals surface area contributed by atoms with Crippen LogP contribution in [0.2, 0.25) is 0 Å². The lowest BCUT2D eigenvalue weighted by atomic mass is 10.2. The molecule has 0 aliphatic carbocycles. The zero-order chi connectivity index (χ0) is 13.0. The van der Waals surface area contributed by atoms with Gasteiger partial charge in [0.05, 0.1) is 11.0 Å². The summed E-state index contributed by atoms with van der Waals surface area (Å²) < 4.78 is 3.99. The van der Waals surface area contributed by atoms with Crippen molar-refractivity contribution in [3.05, 3.63) is 28.4 Å². The van der Waals surface area contributed by atoms with Crippen molar-refractivity contribution < 1.29 is 0 Å². The van der Waals surface area contributed by atoms with Crippen LogP contribution in [0.15, 0.2) is 23.2 Å². The highest BCUT2D eigenvalue weighted by molar-refractivity contribution is 7.97. The Labute approximate surface area is 117 Å². The van der Waals surface area contributed by atoms with Gasteiger partial charge >= 0.3 is 0 Å². The fraction of sp³-hybridized carbons (Fsp3) is 0.385. The lowest BCUT2D eigenvalue weighted by Crippen LogP contribution is -2.05. The molecule has 0 amide bonds. The number of aromatic amines is 1. The van der Waals surface area contributed by atoms with Crippen LogP contribution in [-0.2, 0) is 0 Å². The highest BCUT2D eigenvalue weighted by Crippen LogP contribution is 2.18. The molecular formula is C13H17N3S2. The van der Waals surface area contributed by atoms with Crippen LogP contribution in [0.4, 0.5) is 0 Å². The fourth-order valence-electron chi connectivity index (χ4n) is 1.61. The number of nitrogens with zero attached hydrogens (tertiary/aromatic N) is 1. The number of H-pyrrole nitrogens is 1. The molecule has 5 heteroatoms. The van der Waals surface area contributed by atoms with Gasteiger partial charge in [-0.05, 0) is 43.0 Å². The first-order chi connectivity index (χ1) is 8.70. The minimum Gasteiger partial charge on any atom is -0.343 e. The minimum atomic E-state index is 0.695. The molecule has 0 unspecified atom stereocenters. The highest BCUT2D eigenvalue weighted by atomic mass is 32.2. The molecule has 0 atom stereocenters. The van der Waals surface area contributed by atoms with Gasteiger partial charge in [0.1, 0.15) is 9.67 Å². The molecule has 0 bridgehead atoms. The lowest BCUT2D eigenvalue weighted by Gasteiger charge is -2.05. The molecule has 0 fully saturated rings. The summed E-state index contributed by atoms with van der Waals surface area (Å²) in [5, 5.41) is 0.846. The third-order valence-corrected chi connectivity index (χ3v) is 3.88. The van der Waals surface area contributed by atoms with Gasteiger partial charge in [-0.1, -0.05) is 31.6 Å². The zero-order valence-electron chi connectivity index (χ0n) is 10.6. The average molecular weight is 279 g/mol. The van der Waals surface area contributed by atoms with Crippen LogP contribution >= 0.6 is 24.2 Å². The van der Waals surface area contributed by atoms with Crippen LogP contribution in [0.5, 0.6) is 0 Å². The van der Waals surface area contributed by atoms with Gasteiger partial charge in [0, 0.05) is 6.54 Å².